The van der Waals surface area contributed by atoms with E-state index < -0.39 is 11.9 Å². The Kier molecular flexibility index (Phi) is 4.78. The largest absolute Gasteiger partial charge is 0.504 e. The topological polar surface area (TPSA) is 77.8 Å². The lowest BCUT2D eigenvalue weighted by atomic mass is 10.1. The predicted molar refractivity (Wildman–Crippen MR) is 108 cm³/mol. The summed E-state index contributed by atoms with van der Waals surface area (Å²) in [5, 5.41) is 11.2. The zero-order valence-corrected chi connectivity index (χ0v) is 16.6. The lowest BCUT2D eigenvalue weighted by Crippen LogP contribution is -2.07. The fraction of sp³-hybridized carbons (Fsp3) is 0.304. The molecule has 0 bridgehead atoms. The van der Waals surface area contributed by atoms with Gasteiger partial charge in [-0.1, -0.05) is 30.3 Å². The Morgan fingerprint density at radius 3 is 2.55 bits per heavy atom. The van der Waals surface area contributed by atoms with Crippen LogP contribution in [0.2, 0.25) is 0 Å². The second kappa shape index (κ2) is 7.28. The first-order valence-corrected chi connectivity index (χ1v) is 9.71. The number of carbonyl (C=O) groups excluding carboxylic acids is 2. The Morgan fingerprint density at radius 1 is 1.17 bits per heavy atom. The third-order valence-electron chi connectivity index (χ3n) is 5.40. The smallest absolute Gasteiger partial charge is 0.340 e. The van der Waals surface area contributed by atoms with Crippen molar-refractivity contribution in [1.29, 1.82) is 0 Å². The van der Waals surface area contributed by atoms with Crippen LogP contribution in [-0.4, -0.2) is 28.2 Å². The van der Waals surface area contributed by atoms with Gasteiger partial charge in [0, 0.05) is 24.6 Å². The minimum atomic E-state index is -0.542. The number of hydrogen-bond donors (Lipinski definition) is 1. The van der Waals surface area contributed by atoms with Gasteiger partial charge in [0.2, 0.25) is 0 Å². The number of ether oxygens (including phenoxy) is 2. The Bertz CT molecular complexity index is 1100. The summed E-state index contributed by atoms with van der Waals surface area (Å²) in [5.41, 5.74) is 3.02. The lowest BCUT2D eigenvalue weighted by Gasteiger charge is -2.10. The van der Waals surface area contributed by atoms with Crippen molar-refractivity contribution in [3.05, 3.63) is 59.3 Å². The fourth-order valence-electron chi connectivity index (χ4n) is 4.13. The lowest BCUT2D eigenvalue weighted by molar-refractivity contribution is -0.132. The van der Waals surface area contributed by atoms with Gasteiger partial charge in [0.1, 0.15) is 0 Å². The molecule has 0 saturated heterocycles. The molecule has 4 rings (SSSR count). The first-order valence-electron chi connectivity index (χ1n) is 9.71. The molecular weight excluding hydrogens is 370 g/mol. The molecule has 0 amide bonds. The summed E-state index contributed by atoms with van der Waals surface area (Å²) in [6.07, 6.45) is 0.948. The molecule has 6 heteroatoms. The van der Waals surface area contributed by atoms with Crippen molar-refractivity contribution in [3.8, 4) is 11.5 Å². The van der Waals surface area contributed by atoms with Gasteiger partial charge in [0.25, 0.3) is 0 Å². The van der Waals surface area contributed by atoms with E-state index in [9.17, 15) is 14.7 Å². The van der Waals surface area contributed by atoms with Crippen molar-refractivity contribution in [1.82, 2.24) is 4.57 Å². The van der Waals surface area contributed by atoms with Gasteiger partial charge in [-0.15, -0.1) is 0 Å². The Balaban J connectivity index is 1.87. The normalized spacial score (nSPS) is 17.9. The molecule has 0 spiro atoms. The van der Waals surface area contributed by atoms with Crippen LogP contribution in [0.4, 0.5) is 0 Å². The van der Waals surface area contributed by atoms with Gasteiger partial charge in [-0.25, -0.2) is 4.79 Å². The number of rotatable bonds is 5. The minimum absolute atomic E-state index is 0.0307. The second-order valence-corrected chi connectivity index (χ2v) is 7.27. The number of hydrogen-bond acceptors (Lipinski definition) is 5. The predicted octanol–water partition coefficient (Wildman–Crippen LogP) is 4.49. The Morgan fingerprint density at radius 2 is 1.90 bits per heavy atom. The van der Waals surface area contributed by atoms with Crippen LogP contribution in [-0.2, 0) is 9.53 Å². The standard InChI is InChI=1S/C23H23NO5/c1-4-28-23(27)20-13(2)24(18-12-16(18)15-8-6-5-7-9-15)17-10-11-19(29-14(3)25)22(26)21(17)20/h5-11,16,18,26H,4,12H2,1-3H3/t16-,18+/m1/s1. The molecule has 1 aliphatic carbocycles. The van der Waals surface area contributed by atoms with E-state index in [1.807, 2.05) is 25.1 Å². The van der Waals surface area contributed by atoms with Crippen molar-refractivity contribution in [2.24, 2.45) is 0 Å². The van der Waals surface area contributed by atoms with E-state index in [1.165, 1.54) is 12.5 Å². The molecule has 0 unspecified atom stereocenters. The van der Waals surface area contributed by atoms with Crippen molar-refractivity contribution >= 4 is 22.8 Å². The first kappa shape index (κ1) is 19.1. The highest BCUT2D eigenvalue weighted by Gasteiger charge is 2.42. The van der Waals surface area contributed by atoms with Gasteiger partial charge >= 0.3 is 11.9 Å². The van der Waals surface area contributed by atoms with Crippen LogP contribution in [0, 0.1) is 6.92 Å². The van der Waals surface area contributed by atoms with Crippen LogP contribution in [0.15, 0.2) is 42.5 Å². The highest BCUT2D eigenvalue weighted by atomic mass is 16.5. The number of phenols is 1. The molecule has 0 aliphatic heterocycles. The summed E-state index contributed by atoms with van der Waals surface area (Å²) in [7, 11) is 0. The SMILES string of the molecule is CCOC(=O)c1c(C)n([C@H]2C[C@@H]2c2ccccc2)c2ccc(OC(C)=O)c(O)c12. The summed E-state index contributed by atoms with van der Waals surface area (Å²) in [6.45, 7) is 5.09. The summed E-state index contributed by atoms with van der Waals surface area (Å²) in [4.78, 5) is 24.1. The number of aromatic nitrogens is 1. The number of esters is 2. The molecule has 1 fully saturated rings. The third kappa shape index (κ3) is 3.24. The molecule has 2 atom stereocenters. The van der Waals surface area contributed by atoms with Crippen molar-refractivity contribution in [3.63, 3.8) is 0 Å². The molecule has 1 heterocycles. The maximum absolute atomic E-state index is 12.7. The molecule has 1 aliphatic rings. The zero-order chi connectivity index (χ0) is 20.7. The number of aromatic hydroxyl groups is 1. The molecule has 150 valence electrons. The first-order chi connectivity index (χ1) is 13.9. The van der Waals surface area contributed by atoms with Gasteiger partial charge in [-0.2, -0.15) is 0 Å². The molecule has 29 heavy (non-hydrogen) atoms. The van der Waals surface area contributed by atoms with E-state index in [0.29, 0.717) is 16.9 Å². The monoisotopic (exact) mass is 393 g/mol. The molecule has 6 nitrogen and oxygen atoms in total. The van der Waals surface area contributed by atoms with E-state index in [0.717, 1.165) is 17.6 Å². The number of nitrogens with zero attached hydrogens (tertiary/aromatic N) is 1. The summed E-state index contributed by atoms with van der Waals surface area (Å²) < 4.78 is 12.5. The molecule has 1 aromatic heterocycles. The van der Waals surface area contributed by atoms with Crippen LogP contribution in [0.1, 0.15) is 53.8 Å². The number of phenolic OH excluding ortho intramolecular Hbond substituents is 1. The van der Waals surface area contributed by atoms with E-state index >= 15 is 0 Å². The fourth-order valence-corrected chi connectivity index (χ4v) is 4.13. The van der Waals surface area contributed by atoms with Gasteiger partial charge in [0.15, 0.2) is 11.5 Å². The van der Waals surface area contributed by atoms with Crippen LogP contribution in [0.5, 0.6) is 11.5 Å². The second-order valence-electron chi connectivity index (χ2n) is 7.27. The van der Waals surface area contributed by atoms with Crippen molar-refractivity contribution < 1.29 is 24.2 Å². The third-order valence-corrected chi connectivity index (χ3v) is 5.40. The maximum atomic E-state index is 12.7. The number of benzene rings is 2. The van der Waals surface area contributed by atoms with Gasteiger partial charge in [-0.05, 0) is 38.0 Å². The van der Waals surface area contributed by atoms with Crippen molar-refractivity contribution in [2.75, 3.05) is 6.61 Å². The van der Waals surface area contributed by atoms with Gasteiger partial charge < -0.3 is 19.1 Å². The highest BCUT2D eigenvalue weighted by molar-refractivity contribution is 6.09. The van der Waals surface area contributed by atoms with Crippen LogP contribution < -0.4 is 4.74 Å². The molecule has 1 saturated carbocycles. The maximum Gasteiger partial charge on any atom is 0.340 e. The van der Waals surface area contributed by atoms with Crippen LogP contribution in [0.3, 0.4) is 0 Å². The van der Waals surface area contributed by atoms with Crippen molar-refractivity contribution in [2.45, 2.75) is 39.2 Å². The quantitative estimate of drug-likeness (QED) is 0.511. The molecule has 3 aromatic rings. The Labute approximate surface area is 168 Å². The minimum Gasteiger partial charge on any atom is -0.504 e. The Hall–Kier alpha value is -3.28. The van der Waals surface area contributed by atoms with E-state index in [1.54, 1.807) is 19.1 Å². The highest BCUT2D eigenvalue weighted by Crippen LogP contribution is 2.54. The van der Waals surface area contributed by atoms with E-state index in [-0.39, 0.29) is 24.1 Å². The summed E-state index contributed by atoms with van der Waals surface area (Å²) in [5.74, 6) is -0.890. The summed E-state index contributed by atoms with van der Waals surface area (Å²) in [6, 6.07) is 13.8. The van der Waals surface area contributed by atoms with Crippen LogP contribution in [0.25, 0.3) is 10.9 Å². The van der Waals surface area contributed by atoms with Gasteiger partial charge in [0.05, 0.1) is 23.1 Å². The number of carbonyl (C=O) groups is 2. The van der Waals surface area contributed by atoms with E-state index in [4.69, 9.17) is 9.47 Å². The zero-order valence-electron chi connectivity index (χ0n) is 16.6. The average Bonchev–Trinajstić information content (AvgIpc) is 3.41. The molecular formula is C23H23NO5. The van der Waals surface area contributed by atoms with Crippen LogP contribution >= 0.6 is 0 Å². The molecule has 1 N–H and O–H groups in total. The number of fused-ring (bicyclic) bond motifs is 1. The molecule has 2 aromatic carbocycles. The van der Waals surface area contributed by atoms with E-state index in [2.05, 4.69) is 16.7 Å². The summed E-state index contributed by atoms with van der Waals surface area (Å²) >= 11 is 0. The average molecular weight is 393 g/mol. The molecule has 0 radical (unpaired) electrons. The van der Waals surface area contributed by atoms with Gasteiger partial charge in [-0.3, -0.25) is 4.79 Å².